The minimum absolute atomic E-state index is 0.0486. The van der Waals surface area contributed by atoms with Crippen LogP contribution in [0.1, 0.15) is 59.1 Å². The number of aryl methyl sites for hydroxylation is 1. The van der Waals surface area contributed by atoms with Crippen molar-refractivity contribution in [2.45, 2.75) is 78.6 Å². The summed E-state index contributed by atoms with van der Waals surface area (Å²) < 4.78 is 10.9. The number of alkyl carbamates (subject to hydrolysis) is 1. The fraction of sp³-hybridized carbons (Fsp3) is 0.667. The van der Waals surface area contributed by atoms with E-state index in [0.29, 0.717) is 12.3 Å². The van der Waals surface area contributed by atoms with Crippen LogP contribution in [0.4, 0.5) is 10.5 Å². The van der Waals surface area contributed by atoms with Crippen molar-refractivity contribution in [3.05, 3.63) is 29.3 Å². The molecule has 0 aliphatic heterocycles. The second-order valence-electron chi connectivity index (χ2n) is 9.81. The number of esters is 1. The van der Waals surface area contributed by atoms with Crippen molar-refractivity contribution >= 4 is 45.3 Å². The normalized spacial score (nSPS) is 12.8. The van der Waals surface area contributed by atoms with E-state index in [1.807, 2.05) is 27.7 Å². The van der Waals surface area contributed by atoms with Gasteiger partial charge in [0.05, 0.1) is 6.42 Å². The van der Waals surface area contributed by atoms with E-state index in [-0.39, 0.29) is 12.4 Å². The molecule has 8 heteroatoms. The predicted octanol–water partition coefficient (Wildman–Crippen LogP) is 5.60. The maximum atomic E-state index is 12.5. The monoisotopic (exact) mass is 532 g/mol. The molecule has 0 saturated heterocycles. The number of halogens is 2. The summed E-state index contributed by atoms with van der Waals surface area (Å²) in [5, 5.41) is 3.69. The number of carbonyl (C=O) groups is 2. The van der Waals surface area contributed by atoms with Gasteiger partial charge in [-0.25, -0.2) is 4.79 Å². The molecule has 0 radical (unpaired) electrons. The predicted molar refractivity (Wildman–Crippen MR) is 135 cm³/mol. The van der Waals surface area contributed by atoms with E-state index in [9.17, 15) is 9.59 Å². The van der Waals surface area contributed by atoms with Gasteiger partial charge in [-0.1, -0.05) is 22.0 Å². The van der Waals surface area contributed by atoms with Crippen LogP contribution < -0.4 is 10.2 Å². The highest BCUT2D eigenvalue weighted by Gasteiger charge is 2.25. The summed E-state index contributed by atoms with van der Waals surface area (Å²) in [4.78, 5) is 27.2. The molecular weight excluding hydrogens is 496 g/mol. The molecule has 0 heterocycles. The maximum absolute atomic E-state index is 12.5. The van der Waals surface area contributed by atoms with Crippen molar-refractivity contribution < 1.29 is 19.1 Å². The number of hydrogen-bond acceptors (Lipinski definition) is 5. The Bertz CT molecular complexity index is 723. The Morgan fingerprint density at radius 2 is 1.72 bits per heavy atom. The molecule has 0 aliphatic carbocycles. The number of rotatable bonds is 10. The molecule has 182 valence electrons. The van der Waals surface area contributed by atoms with Gasteiger partial charge in [0, 0.05) is 36.0 Å². The molecule has 0 bridgehead atoms. The minimum atomic E-state index is -0.631. The molecule has 32 heavy (non-hydrogen) atoms. The largest absolute Gasteiger partial charge is 0.460 e. The summed E-state index contributed by atoms with van der Waals surface area (Å²) in [7, 11) is 0. The number of amides is 1. The molecule has 0 fully saturated rings. The van der Waals surface area contributed by atoms with E-state index in [0.717, 1.165) is 35.2 Å². The number of nitrogens with zero attached hydrogens (tertiary/aromatic N) is 1. The highest BCUT2D eigenvalue weighted by molar-refractivity contribution is 9.09. The lowest BCUT2D eigenvalue weighted by Crippen LogP contribution is -2.42. The van der Waals surface area contributed by atoms with Crippen LogP contribution in [0, 0.1) is 6.92 Å². The summed E-state index contributed by atoms with van der Waals surface area (Å²) >= 11 is 9.48. The standard InChI is InChI=1S/C24H38BrClN2O4/c1-17-8-9-20(28(12-10-25)13-11-26)15-18(17)14-19(16-21(29)31-23(2,3)4)27-22(30)32-24(5,6)7/h8-9,15,19H,10-14,16H2,1-7H3,(H,27,30)/t19-/m1/s1. The molecule has 0 saturated carbocycles. The van der Waals surface area contributed by atoms with Gasteiger partial charge in [0.2, 0.25) is 0 Å². The van der Waals surface area contributed by atoms with Gasteiger partial charge in [-0.15, -0.1) is 11.6 Å². The molecule has 6 nitrogen and oxygen atoms in total. The Labute approximate surface area is 206 Å². The van der Waals surface area contributed by atoms with Crippen molar-refractivity contribution in [1.29, 1.82) is 0 Å². The van der Waals surface area contributed by atoms with Gasteiger partial charge < -0.3 is 19.7 Å². The van der Waals surface area contributed by atoms with Crippen molar-refractivity contribution in [3.63, 3.8) is 0 Å². The van der Waals surface area contributed by atoms with Crippen LogP contribution >= 0.6 is 27.5 Å². The van der Waals surface area contributed by atoms with E-state index >= 15 is 0 Å². The zero-order valence-electron chi connectivity index (χ0n) is 20.4. The van der Waals surface area contributed by atoms with Crippen LogP contribution in [0.3, 0.4) is 0 Å². The molecule has 0 spiro atoms. The maximum Gasteiger partial charge on any atom is 0.407 e. The van der Waals surface area contributed by atoms with Gasteiger partial charge in [-0.3, -0.25) is 4.79 Å². The quantitative estimate of drug-likeness (QED) is 0.313. The summed E-state index contributed by atoms with van der Waals surface area (Å²) in [5.74, 6) is 0.160. The number of nitrogens with one attached hydrogen (secondary N) is 1. The average molecular weight is 534 g/mol. The Kier molecular flexibility index (Phi) is 11.3. The molecule has 0 aliphatic rings. The van der Waals surface area contributed by atoms with Crippen LogP contribution in [-0.4, -0.2) is 53.6 Å². The SMILES string of the molecule is Cc1ccc(N(CCCl)CCBr)cc1C[C@H](CC(=O)OC(C)(C)C)NC(=O)OC(C)(C)C. The summed E-state index contributed by atoms with van der Waals surface area (Å²) in [6.45, 7) is 14.5. The number of hydrogen-bond donors (Lipinski definition) is 1. The minimum Gasteiger partial charge on any atom is -0.460 e. The molecule has 0 unspecified atom stereocenters. The first kappa shape index (κ1) is 28.6. The average Bonchev–Trinajstić information content (AvgIpc) is 2.60. The van der Waals surface area contributed by atoms with E-state index < -0.39 is 23.3 Å². The van der Waals surface area contributed by atoms with Crippen LogP contribution in [0.5, 0.6) is 0 Å². The van der Waals surface area contributed by atoms with Gasteiger partial charge in [0.15, 0.2) is 0 Å². The summed E-state index contributed by atoms with van der Waals surface area (Å²) in [5.41, 5.74) is 1.95. The first-order chi connectivity index (χ1) is 14.7. The van der Waals surface area contributed by atoms with Crippen molar-refractivity contribution in [2.24, 2.45) is 0 Å². The van der Waals surface area contributed by atoms with Crippen molar-refractivity contribution in [2.75, 3.05) is 29.2 Å². The summed E-state index contributed by atoms with van der Waals surface area (Å²) in [6.07, 6.45) is -0.0309. The lowest BCUT2D eigenvalue weighted by atomic mass is 9.98. The lowest BCUT2D eigenvalue weighted by Gasteiger charge is -2.27. The van der Waals surface area contributed by atoms with Crippen LogP contribution in [0.25, 0.3) is 0 Å². The number of anilines is 1. The van der Waals surface area contributed by atoms with Crippen molar-refractivity contribution in [3.8, 4) is 0 Å². The van der Waals surface area contributed by atoms with Crippen LogP contribution in [0.2, 0.25) is 0 Å². The third-order valence-corrected chi connectivity index (χ3v) is 4.95. The van der Waals surface area contributed by atoms with Gasteiger partial charge in [0.1, 0.15) is 11.2 Å². The first-order valence-electron chi connectivity index (χ1n) is 10.9. The number of ether oxygens (including phenoxy) is 2. The van der Waals surface area contributed by atoms with Crippen LogP contribution in [0.15, 0.2) is 18.2 Å². The molecule has 1 N–H and O–H groups in total. The molecule has 0 aromatic heterocycles. The fourth-order valence-electron chi connectivity index (χ4n) is 3.15. The zero-order valence-corrected chi connectivity index (χ0v) is 22.7. The van der Waals surface area contributed by atoms with Gasteiger partial charge in [-0.2, -0.15) is 0 Å². The molecule has 1 atom stereocenters. The smallest absolute Gasteiger partial charge is 0.407 e. The second kappa shape index (κ2) is 12.7. The van der Waals surface area contributed by atoms with Gasteiger partial charge in [-0.05, 0) is 78.1 Å². The topological polar surface area (TPSA) is 67.9 Å². The third kappa shape index (κ3) is 11.4. The third-order valence-electron chi connectivity index (χ3n) is 4.43. The van der Waals surface area contributed by atoms with Gasteiger partial charge in [0.25, 0.3) is 0 Å². The van der Waals surface area contributed by atoms with E-state index in [1.165, 1.54) is 0 Å². The Hall–Kier alpha value is -1.47. The first-order valence-corrected chi connectivity index (χ1v) is 12.6. The van der Waals surface area contributed by atoms with E-state index in [2.05, 4.69) is 44.3 Å². The Balaban J connectivity index is 3.12. The van der Waals surface area contributed by atoms with Crippen molar-refractivity contribution in [1.82, 2.24) is 5.32 Å². The zero-order chi connectivity index (χ0) is 24.5. The highest BCUT2D eigenvalue weighted by atomic mass is 79.9. The second-order valence-corrected chi connectivity index (χ2v) is 11.0. The molecule has 1 aromatic rings. The van der Waals surface area contributed by atoms with Gasteiger partial charge >= 0.3 is 12.1 Å². The Morgan fingerprint density at radius 3 is 2.25 bits per heavy atom. The molecule has 1 aromatic carbocycles. The fourth-order valence-corrected chi connectivity index (χ4v) is 3.78. The molecule has 1 amide bonds. The van der Waals surface area contributed by atoms with E-state index in [1.54, 1.807) is 20.8 Å². The molecular formula is C24H38BrClN2O4. The highest BCUT2D eigenvalue weighted by Crippen LogP contribution is 2.22. The van der Waals surface area contributed by atoms with E-state index in [4.69, 9.17) is 21.1 Å². The van der Waals surface area contributed by atoms with Crippen LogP contribution in [-0.2, 0) is 20.7 Å². The Morgan fingerprint density at radius 1 is 1.09 bits per heavy atom. The lowest BCUT2D eigenvalue weighted by molar-refractivity contribution is -0.155. The summed E-state index contributed by atoms with van der Waals surface area (Å²) in [6, 6.07) is 5.76. The number of benzene rings is 1. The molecule has 1 rings (SSSR count). The number of alkyl halides is 2. The number of carbonyl (C=O) groups excluding carboxylic acids is 2.